The number of nitrogens with zero attached hydrogens (tertiary/aromatic N) is 1. The zero-order chi connectivity index (χ0) is 12.9. The lowest BCUT2D eigenvalue weighted by atomic mass is 10.1. The molecule has 3 amide bonds. The molecule has 94 valence electrons. The van der Waals surface area contributed by atoms with Crippen LogP contribution in [0.15, 0.2) is 0 Å². The maximum atomic E-state index is 11.6. The lowest BCUT2D eigenvalue weighted by molar-refractivity contribution is -0.121. The standard InChI is InChI=1S/C11H23N3O2/c1-8(2)12-9(15)7-14(6)10(16)13-11(3,4)5/h8H,7H2,1-6H3,(H,12,15)(H,13,16). The Kier molecular flexibility index (Phi) is 5.27. The fraction of sp³-hybridized carbons (Fsp3) is 0.818. The van der Waals surface area contributed by atoms with Crippen LogP contribution in [0.1, 0.15) is 34.6 Å². The molecule has 0 aromatic carbocycles. The van der Waals surface area contributed by atoms with E-state index in [1.165, 1.54) is 4.90 Å². The predicted octanol–water partition coefficient (Wildman–Crippen LogP) is 0.951. The van der Waals surface area contributed by atoms with Gasteiger partial charge in [0, 0.05) is 18.6 Å². The minimum absolute atomic E-state index is 0.0695. The third-order valence-corrected chi connectivity index (χ3v) is 1.66. The lowest BCUT2D eigenvalue weighted by Crippen LogP contribution is -2.50. The summed E-state index contributed by atoms with van der Waals surface area (Å²) in [7, 11) is 1.60. The van der Waals surface area contributed by atoms with Gasteiger partial charge in [0.2, 0.25) is 5.91 Å². The molecule has 0 aromatic rings. The Bertz CT molecular complexity index is 256. The maximum Gasteiger partial charge on any atom is 0.318 e. The number of urea groups is 1. The molecule has 0 aliphatic heterocycles. The molecule has 0 aliphatic carbocycles. The van der Waals surface area contributed by atoms with Gasteiger partial charge < -0.3 is 15.5 Å². The normalized spacial score (nSPS) is 11.2. The van der Waals surface area contributed by atoms with Crippen LogP contribution in [0.3, 0.4) is 0 Å². The van der Waals surface area contributed by atoms with Gasteiger partial charge in [0.15, 0.2) is 0 Å². The second-order valence-electron chi connectivity index (χ2n) is 5.26. The van der Waals surface area contributed by atoms with Crippen molar-refractivity contribution in [2.45, 2.75) is 46.2 Å². The van der Waals surface area contributed by atoms with Gasteiger partial charge in [-0.1, -0.05) is 0 Å². The highest BCUT2D eigenvalue weighted by atomic mass is 16.2. The van der Waals surface area contributed by atoms with Crippen LogP contribution in [0.4, 0.5) is 4.79 Å². The quantitative estimate of drug-likeness (QED) is 0.757. The molecule has 16 heavy (non-hydrogen) atoms. The van der Waals surface area contributed by atoms with Gasteiger partial charge in [0.1, 0.15) is 6.54 Å². The number of hydrogen-bond donors (Lipinski definition) is 2. The first-order valence-electron chi connectivity index (χ1n) is 5.44. The summed E-state index contributed by atoms with van der Waals surface area (Å²) in [6.45, 7) is 9.52. The van der Waals surface area contributed by atoms with Gasteiger partial charge in [-0.3, -0.25) is 4.79 Å². The first-order chi connectivity index (χ1) is 7.11. The highest BCUT2D eigenvalue weighted by molar-refractivity contribution is 5.84. The lowest BCUT2D eigenvalue weighted by Gasteiger charge is -2.25. The minimum Gasteiger partial charge on any atom is -0.352 e. The average molecular weight is 229 g/mol. The van der Waals surface area contributed by atoms with E-state index in [4.69, 9.17) is 0 Å². The first-order valence-corrected chi connectivity index (χ1v) is 5.44. The van der Waals surface area contributed by atoms with E-state index in [9.17, 15) is 9.59 Å². The molecule has 0 bridgehead atoms. The SMILES string of the molecule is CC(C)NC(=O)CN(C)C(=O)NC(C)(C)C. The van der Waals surface area contributed by atoms with Crippen molar-refractivity contribution in [3.63, 3.8) is 0 Å². The smallest absolute Gasteiger partial charge is 0.318 e. The third-order valence-electron chi connectivity index (χ3n) is 1.66. The molecule has 0 fully saturated rings. The molecule has 0 saturated carbocycles. The molecule has 0 aliphatic rings. The van der Waals surface area contributed by atoms with E-state index in [0.29, 0.717) is 0 Å². The third kappa shape index (κ3) is 7.09. The van der Waals surface area contributed by atoms with Gasteiger partial charge in [0.05, 0.1) is 0 Å². The Hall–Kier alpha value is -1.26. The molecular formula is C11H23N3O2. The van der Waals surface area contributed by atoms with Gasteiger partial charge in [0.25, 0.3) is 0 Å². The van der Waals surface area contributed by atoms with Crippen LogP contribution in [0.5, 0.6) is 0 Å². The molecule has 0 saturated heterocycles. The van der Waals surface area contributed by atoms with Crippen molar-refractivity contribution in [2.24, 2.45) is 0 Å². The summed E-state index contributed by atoms with van der Waals surface area (Å²) in [5, 5.41) is 5.52. The maximum absolute atomic E-state index is 11.6. The van der Waals surface area contributed by atoms with E-state index in [2.05, 4.69) is 10.6 Å². The summed E-state index contributed by atoms with van der Waals surface area (Å²) < 4.78 is 0. The van der Waals surface area contributed by atoms with Gasteiger partial charge in [-0.15, -0.1) is 0 Å². The zero-order valence-corrected chi connectivity index (χ0v) is 11.0. The Morgan fingerprint density at radius 2 is 1.75 bits per heavy atom. The Morgan fingerprint density at radius 3 is 2.12 bits per heavy atom. The summed E-state index contributed by atoms with van der Waals surface area (Å²) in [6.07, 6.45) is 0. The van der Waals surface area contributed by atoms with Gasteiger partial charge >= 0.3 is 6.03 Å². The van der Waals surface area contributed by atoms with E-state index >= 15 is 0 Å². The van der Waals surface area contributed by atoms with Crippen molar-refractivity contribution in [3.05, 3.63) is 0 Å². The number of likely N-dealkylation sites (N-methyl/N-ethyl adjacent to an activating group) is 1. The van der Waals surface area contributed by atoms with Gasteiger partial charge in [-0.05, 0) is 34.6 Å². The van der Waals surface area contributed by atoms with Crippen molar-refractivity contribution < 1.29 is 9.59 Å². The summed E-state index contributed by atoms with van der Waals surface area (Å²) in [6, 6.07) is -0.155. The summed E-state index contributed by atoms with van der Waals surface area (Å²) in [4.78, 5) is 24.4. The van der Waals surface area contributed by atoms with E-state index in [0.717, 1.165) is 0 Å². The molecule has 0 radical (unpaired) electrons. The summed E-state index contributed by atoms with van der Waals surface area (Å²) in [5.41, 5.74) is -0.292. The fourth-order valence-corrected chi connectivity index (χ4v) is 1.07. The molecule has 2 N–H and O–H groups in total. The van der Waals surface area contributed by atoms with Gasteiger partial charge in [-0.25, -0.2) is 4.79 Å². The largest absolute Gasteiger partial charge is 0.352 e. The number of amides is 3. The number of nitrogens with one attached hydrogen (secondary N) is 2. The number of carbonyl (C=O) groups is 2. The van der Waals surface area contributed by atoms with Gasteiger partial charge in [-0.2, -0.15) is 0 Å². The van der Waals surface area contributed by atoms with Crippen LogP contribution in [0.2, 0.25) is 0 Å². The second-order valence-corrected chi connectivity index (χ2v) is 5.26. The summed E-state index contributed by atoms with van der Waals surface area (Å²) >= 11 is 0. The number of rotatable bonds is 3. The van der Waals surface area contributed by atoms with Crippen LogP contribution in [-0.4, -0.2) is 42.0 Å². The Morgan fingerprint density at radius 1 is 1.25 bits per heavy atom. The topological polar surface area (TPSA) is 61.4 Å². The van der Waals surface area contributed by atoms with Crippen molar-refractivity contribution >= 4 is 11.9 Å². The van der Waals surface area contributed by atoms with Crippen LogP contribution in [-0.2, 0) is 4.79 Å². The monoisotopic (exact) mass is 229 g/mol. The number of hydrogen-bond acceptors (Lipinski definition) is 2. The Balaban J connectivity index is 4.11. The molecule has 5 nitrogen and oxygen atoms in total. The molecular weight excluding hydrogens is 206 g/mol. The molecule has 0 unspecified atom stereocenters. The number of carbonyl (C=O) groups excluding carboxylic acids is 2. The van der Waals surface area contributed by atoms with Crippen LogP contribution in [0.25, 0.3) is 0 Å². The first kappa shape index (κ1) is 14.7. The van der Waals surface area contributed by atoms with Crippen LogP contribution < -0.4 is 10.6 Å². The average Bonchev–Trinajstić information content (AvgIpc) is 1.98. The van der Waals surface area contributed by atoms with E-state index in [1.807, 2.05) is 34.6 Å². The predicted molar refractivity (Wildman–Crippen MR) is 64.2 cm³/mol. The van der Waals surface area contributed by atoms with E-state index in [-0.39, 0.29) is 30.1 Å². The van der Waals surface area contributed by atoms with Crippen molar-refractivity contribution in [3.8, 4) is 0 Å². The zero-order valence-electron chi connectivity index (χ0n) is 11.0. The minimum atomic E-state index is -0.292. The molecule has 0 spiro atoms. The van der Waals surface area contributed by atoms with Crippen molar-refractivity contribution in [1.29, 1.82) is 0 Å². The summed E-state index contributed by atoms with van der Waals surface area (Å²) in [5.74, 6) is -0.151. The van der Waals surface area contributed by atoms with Crippen LogP contribution >= 0.6 is 0 Å². The van der Waals surface area contributed by atoms with E-state index in [1.54, 1.807) is 7.05 Å². The molecule has 0 heterocycles. The Labute approximate surface area is 97.6 Å². The molecule has 0 aromatic heterocycles. The van der Waals surface area contributed by atoms with E-state index < -0.39 is 0 Å². The second kappa shape index (κ2) is 5.72. The highest BCUT2D eigenvalue weighted by Gasteiger charge is 2.18. The highest BCUT2D eigenvalue weighted by Crippen LogP contribution is 1.99. The molecule has 5 heteroatoms. The van der Waals surface area contributed by atoms with Crippen molar-refractivity contribution in [2.75, 3.05) is 13.6 Å². The molecule has 0 atom stereocenters. The fourth-order valence-electron chi connectivity index (χ4n) is 1.07. The molecule has 0 rings (SSSR count). The van der Waals surface area contributed by atoms with Crippen LogP contribution in [0, 0.1) is 0 Å². The van der Waals surface area contributed by atoms with Crippen molar-refractivity contribution in [1.82, 2.24) is 15.5 Å².